The highest BCUT2D eigenvalue weighted by molar-refractivity contribution is 5.76. The van der Waals surface area contributed by atoms with Crippen molar-refractivity contribution in [3.8, 4) is 11.5 Å². The van der Waals surface area contributed by atoms with Gasteiger partial charge >= 0.3 is 0 Å². The van der Waals surface area contributed by atoms with Crippen LogP contribution in [-0.2, 0) is 4.79 Å². The van der Waals surface area contributed by atoms with Gasteiger partial charge in [0.05, 0.1) is 6.04 Å². The van der Waals surface area contributed by atoms with Crippen LogP contribution in [0.15, 0.2) is 18.2 Å². The normalized spacial score (nSPS) is 24.2. The van der Waals surface area contributed by atoms with Gasteiger partial charge in [0.25, 0.3) is 0 Å². The Kier molecular flexibility index (Phi) is 8.31. The van der Waals surface area contributed by atoms with Crippen molar-refractivity contribution in [2.75, 3.05) is 26.3 Å². The van der Waals surface area contributed by atoms with Crippen LogP contribution in [0.25, 0.3) is 0 Å². The van der Waals surface area contributed by atoms with Crippen molar-refractivity contribution in [3.63, 3.8) is 0 Å². The molecule has 2 saturated heterocycles. The lowest BCUT2D eigenvalue weighted by Crippen LogP contribution is -2.55. The first-order chi connectivity index (χ1) is 15.6. The van der Waals surface area contributed by atoms with Crippen molar-refractivity contribution < 1.29 is 19.4 Å². The third kappa shape index (κ3) is 5.96. The van der Waals surface area contributed by atoms with E-state index in [9.17, 15) is 9.90 Å². The minimum atomic E-state index is -0.782. The molecule has 32 heavy (non-hydrogen) atoms. The molecule has 1 saturated carbocycles. The van der Waals surface area contributed by atoms with Crippen LogP contribution in [0.5, 0.6) is 11.5 Å². The van der Waals surface area contributed by atoms with Gasteiger partial charge in [0.2, 0.25) is 5.91 Å². The molecule has 0 spiro atoms. The molecule has 0 aromatic heterocycles. The molecule has 5 rings (SSSR count). The summed E-state index contributed by atoms with van der Waals surface area (Å²) in [5.74, 6) is 2.20. The summed E-state index contributed by atoms with van der Waals surface area (Å²) in [4.78, 5) is 15.3. The van der Waals surface area contributed by atoms with Crippen LogP contribution in [0.2, 0.25) is 0 Å². The average molecular weight is 445 g/mol. The second-order valence-corrected chi connectivity index (χ2v) is 9.81. The molecule has 3 heterocycles. The molecule has 2 N–H and O–H groups in total. The number of unbranched alkanes of at least 4 members (excludes halogenated alkanes) is 4. The number of carbonyl (C=O) groups excluding carboxylic acids is 1. The van der Waals surface area contributed by atoms with E-state index >= 15 is 0 Å². The van der Waals surface area contributed by atoms with Crippen LogP contribution in [0, 0.1) is 5.92 Å². The van der Waals surface area contributed by atoms with Gasteiger partial charge in [-0.1, -0.05) is 38.7 Å². The largest absolute Gasteiger partial charge is 0.486 e. The fourth-order valence-corrected chi connectivity index (χ4v) is 5.52. The molecule has 6 nitrogen and oxygen atoms in total. The fraction of sp³-hybridized carbons (Fsp3) is 0.731. The smallest absolute Gasteiger partial charge is 0.220 e. The summed E-state index contributed by atoms with van der Waals surface area (Å²) in [5.41, 5.74) is 0.768. The number of aliphatic hydroxyl groups excluding tert-OH is 1. The molecule has 2 atom stereocenters. The molecule has 178 valence electrons. The topological polar surface area (TPSA) is 71.0 Å². The second kappa shape index (κ2) is 11.4. The van der Waals surface area contributed by atoms with Crippen molar-refractivity contribution in [2.45, 2.75) is 89.3 Å². The van der Waals surface area contributed by atoms with Gasteiger partial charge in [-0.2, -0.15) is 0 Å². The van der Waals surface area contributed by atoms with Crippen LogP contribution in [0.3, 0.4) is 0 Å². The highest BCUT2D eigenvalue weighted by atomic mass is 16.6. The maximum absolute atomic E-state index is 12.8. The first kappa shape index (κ1) is 23.4. The molecular weight excluding hydrogens is 404 g/mol. The molecule has 1 amide bonds. The van der Waals surface area contributed by atoms with Crippen LogP contribution < -0.4 is 14.8 Å². The van der Waals surface area contributed by atoms with Gasteiger partial charge in [-0.15, -0.1) is 0 Å². The number of aliphatic hydroxyl groups is 1. The first-order valence-electron chi connectivity index (χ1n) is 12.7. The molecular formula is C26H40N2O4. The lowest BCUT2D eigenvalue weighted by Gasteiger charge is -2.47. The molecule has 3 aliphatic heterocycles. The molecule has 1 aliphatic carbocycles. The summed E-state index contributed by atoms with van der Waals surface area (Å²) < 4.78 is 11.3. The minimum absolute atomic E-state index is 0.0465. The number of nitrogens with one attached hydrogen (secondary N) is 1. The van der Waals surface area contributed by atoms with Crippen LogP contribution in [-0.4, -0.2) is 54.3 Å². The Labute approximate surface area is 192 Å². The zero-order valence-electron chi connectivity index (χ0n) is 19.6. The van der Waals surface area contributed by atoms with Crippen molar-refractivity contribution >= 4 is 5.91 Å². The minimum Gasteiger partial charge on any atom is -0.486 e. The quantitative estimate of drug-likeness (QED) is 0.500. The molecule has 0 radical (unpaired) electrons. The third-order valence-corrected chi connectivity index (χ3v) is 7.40. The number of nitrogens with zero attached hydrogens (tertiary/aromatic N) is 1. The van der Waals surface area contributed by atoms with E-state index in [1.165, 1.54) is 44.9 Å². The van der Waals surface area contributed by atoms with Crippen molar-refractivity contribution in [1.29, 1.82) is 0 Å². The highest BCUT2D eigenvalue weighted by Crippen LogP contribution is 2.37. The Bertz CT molecular complexity index is 747. The number of benzene rings is 1. The number of hydrogen-bond donors (Lipinski definition) is 2. The van der Waals surface area contributed by atoms with E-state index in [1.807, 2.05) is 18.2 Å². The molecule has 3 fully saturated rings. The van der Waals surface area contributed by atoms with E-state index < -0.39 is 6.10 Å². The van der Waals surface area contributed by atoms with Gasteiger partial charge in [-0.3, -0.25) is 9.69 Å². The highest BCUT2D eigenvalue weighted by Gasteiger charge is 2.36. The number of hydrogen-bond acceptors (Lipinski definition) is 5. The van der Waals surface area contributed by atoms with Gasteiger partial charge in [-0.05, 0) is 55.7 Å². The predicted octanol–water partition coefficient (Wildman–Crippen LogP) is 4.21. The van der Waals surface area contributed by atoms with Crippen LogP contribution in [0.1, 0.15) is 82.8 Å². The average Bonchev–Trinajstić information content (AvgIpc) is 2.83. The number of ether oxygens (including phenoxy) is 2. The lowest BCUT2D eigenvalue weighted by atomic mass is 9.79. The Morgan fingerprint density at radius 2 is 1.84 bits per heavy atom. The van der Waals surface area contributed by atoms with E-state index in [0.717, 1.165) is 30.9 Å². The maximum atomic E-state index is 12.8. The molecule has 1 aromatic rings. The van der Waals surface area contributed by atoms with E-state index in [0.29, 0.717) is 43.7 Å². The van der Waals surface area contributed by atoms with Gasteiger partial charge in [0, 0.05) is 25.6 Å². The number of carbonyl (C=O) groups is 1. The summed E-state index contributed by atoms with van der Waals surface area (Å²) in [6, 6.07) is 5.87. The first-order valence-corrected chi connectivity index (χ1v) is 12.7. The van der Waals surface area contributed by atoms with Crippen molar-refractivity contribution in [1.82, 2.24) is 10.2 Å². The van der Waals surface area contributed by atoms with E-state index in [-0.39, 0.29) is 11.9 Å². The van der Waals surface area contributed by atoms with Gasteiger partial charge in [0.1, 0.15) is 19.3 Å². The van der Waals surface area contributed by atoms with Gasteiger partial charge in [-0.25, -0.2) is 0 Å². The second-order valence-electron chi connectivity index (χ2n) is 9.81. The zero-order valence-corrected chi connectivity index (χ0v) is 19.6. The fourth-order valence-electron chi connectivity index (χ4n) is 5.52. The molecule has 4 aliphatic rings. The third-order valence-electron chi connectivity index (χ3n) is 7.40. The zero-order chi connectivity index (χ0) is 22.3. The van der Waals surface area contributed by atoms with Gasteiger partial charge < -0.3 is 19.9 Å². The Morgan fingerprint density at radius 1 is 1.09 bits per heavy atom. The molecule has 0 unspecified atom stereocenters. The summed E-state index contributed by atoms with van der Waals surface area (Å²) in [6.45, 7) is 5.04. The Morgan fingerprint density at radius 3 is 2.56 bits per heavy atom. The number of amides is 1. The maximum Gasteiger partial charge on any atom is 0.220 e. The Hall–Kier alpha value is -1.79. The number of fused-ring (bicyclic) bond motifs is 4. The summed E-state index contributed by atoms with van der Waals surface area (Å²) in [5, 5.41) is 14.5. The molecule has 6 heteroatoms. The van der Waals surface area contributed by atoms with Crippen molar-refractivity contribution in [3.05, 3.63) is 23.8 Å². The van der Waals surface area contributed by atoms with E-state index in [2.05, 4.69) is 17.1 Å². The van der Waals surface area contributed by atoms with Crippen LogP contribution >= 0.6 is 0 Å². The summed E-state index contributed by atoms with van der Waals surface area (Å²) in [6.07, 6.45) is 10.5. The van der Waals surface area contributed by atoms with E-state index in [4.69, 9.17) is 9.47 Å². The summed E-state index contributed by atoms with van der Waals surface area (Å²) >= 11 is 0. The van der Waals surface area contributed by atoms with Crippen LogP contribution in [0.4, 0.5) is 0 Å². The number of piperidine rings is 2. The van der Waals surface area contributed by atoms with Crippen molar-refractivity contribution in [2.24, 2.45) is 5.92 Å². The van der Waals surface area contributed by atoms with E-state index in [1.54, 1.807) is 0 Å². The number of rotatable bonds is 11. The van der Waals surface area contributed by atoms with Gasteiger partial charge in [0.15, 0.2) is 11.5 Å². The molecule has 2 bridgehead atoms. The SMILES string of the molecule is CCCCCCCC(=O)N[C@H](CN1C[C@H]2CC[C@@H]1CC2)[C@H](O)c1ccc2c(c1)OCCO2. The monoisotopic (exact) mass is 444 g/mol. The standard InChI is InChI=1S/C26H40N2O4/c1-2-3-4-5-6-7-25(29)27-22(18-28-17-19-8-11-21(28)12-9-19)26(30)20-10-13-23-24(16-20)32-15-14-31-23/h10,13,16,19,21-22,26,30H,2-9,11-12,14-15,17-18H2,1H3,(H,27,29)/t19-,21+,22-,26-/m1/s1. The predicted molar refractivity (Wildman–Crippen MR) is 125 cm³/mol. The summed E-state index contributed by atoms with van der Waals surface area (Å²) in [7, 11) is 0. The Balaban J connectivity index is 1.42. The molecule has 1 aromatic carbocycles. The lowest BCUT2D eigenvalue weighted by molar-refractivity contribution is -0.123.